The van der Waals surface area contributed by atoms with Crippen molar-refractivity contribution in [3.8, 4) is 6.07 Å². The Morgan fingerprint density at radius 1 is 0.653 bits per heavy atom. The Labute approximate surface area is 309 Å². The summed E-state index contributed by atoms with van der Waals surface area (Å²) in [7, 11) is -8.83. The topological polar surface area (TPSA) is 93.2 Å². The summed E-state index contributed by atoms with van der Waals surface area (Å²) in [5, 5.41) is 9.57. The highest BCUT2D eigenvalue weighted by molar-refractivity contribution is 6.75. The lowest BCUT2D eigenvalue weighted by molar-refractivity contribution is -0.129. The molecule has 290 valence electrons. The molecule has 0 spiro atoms. The molecule has 12 heteroatoms. The van der Waals surface area contributed by atoms with E-state index in [0.717, 1.165) is 32.7 Å². The van der Waals surface area contributed by atoms with Crippen LogP contribution in [0.25, 0.3) is 0 Å². The fourth-order valence-electron chi connectivity index (χ4n) is 5.05. The van der Waals surface area contributed by atoms with Gasteiger partial charge in [0.1, 0.15) is 0 Å². The quantitative estimate of drug-likeness (QED) is 0.156. The number of rotatable bonds is 16. The van der Waals surface area contributed by atoms with Crippen molar-refractivity contribution >= 4 is 33.3 Å². The fraction of sp³-hybridized carbons (Fsp3) is 0.973. The SMILES string of the molecule is CC(C)(C)[Si](C)(C)OC[C@@H]1C(O[Si](C)(C)C(C)(C)C)C(O[Si](C)(C)C(C)(C)C)C(O[Si](C)(C)C(C)(C)C)CN1CCN(CCN)CCC#N. The van der Waals surface area contributed by atoms with Crippen LogP contribution >= 0.6 is 0 Å². The molecule has 0 bridgehead atoms. The summed E-state index contributed by atoms with van der Waals surface area (Å²) < 4.78 is 29.8. The lowest BCUT2D eigenvalue weighted by atomic mass is 9.94. The molecule has 1 aliphatic rings. The Bertz CT molecular complexity index is 1070. The second-order valence-corrected chi connectivity index (χ2v) is 39.9. The third kappa shape index (κ3) is 12.9. The molecule has 0 aromatic carbocycles. The molecule has 8 nitrogen and oxygen atoms in total. The number of hydrogen-bond donors (Lipinski definition) is 1. The Morgan fingerprint density at radius 2 is 1.08 bits per heavy atom. The molecule has 1 fully saturated rings. The second-order valence-electron chi connectivity index (χ2n) is 20.8. The number of piperidine rings is 1. The van der Waals surface area contributed by atoms with Crippen molar-refractivity contribution in [3.05, 3.63) is 0 Å². The third-order valence-corrected chi connectivity index (χ3v) is 30.7. The molecule has 1 rings (SSSR count). The highest BCUT2D eigenvalue weighted by Crippen LogP contribution is 2.46. The van der Waals surface area contributed by atoms with E-state index in [1.165, 1.54) is 0 Å². The van der Waals surface area contributed by atoms with E-state index in [1.807, 2.05) is 0 Å². The minimum absolute atomic E-state index is 0.00650. The van der Waals surface area contributed by atoms with Gasteiger partial charge in [-0.2, -0.15) is 5.26 Å². The van der Waals surface area contributed by atoms with E-state index in [2.05, 4.69) is 151 Å². The molecule has 1 heterocycles. The van der Waals surface area contributed by atoms with E-state index >= 15 is 0 Å². The van der Waals surface area contributed by atoms with Crippen molar-refractivity contribution in [2.75, 3.05) is 45.9 Å². The Morgan fingerprint density at radius 3 is 1.49 bits per heavy atom. The molecule has 0 radical (unpaired) electrons. The summed E-state index contributed by atoms with van der Waals surface area (Å²) in [6.45, 7) is 51.8. The predicted molar refractivity (Wildman–Crippen MR) is 220 cm³/mol. The highest BCUT2D eigenvalue weighted by atomic mass is 28.4. The van der Waals surface area contributed by atoms with E-state index < -0.39 is 33.3 Å². The van der Waals surface area contributed by atoms with Crippen LogP contribution in [0.1, 0.15) is 89.5 Å². The molecule has 49 heavy (non-hydrogen) atoms. The van der Waals surface area contributed by atoms with Crippen LogP contribution in [0.2, 0.25) is 72.5 Å². The van der Waals surface area contributed by atoms with Crippen molar-refractivity contribution in [1.82, 2.24) is 9.80 Å². The first-order chi connectivity index (χ1) is 21.7. The minimum atomic E-state index is -2.28. The summed E-state index contributed by atoms with van der Waals surface area (Å²) in [5.41, 5.74) is 6.05. The van der Waals surface area contributed by atoms with Crippen molar-refractivity contribution in [3.63, 3.8) is 0 Å². The highest BCUT2D eigenvalue weighted by Gasteiger charge is 2.55. The van der Waals surface area contributed by atoms with Gasteiger partial charge in [0.25, 0.3) is 0 Å². The molecule has 4 atom stereocenters. The standard InChI is InChI=1S/C37H82N4O4Si4/c1-34(2,3)46(13,14)42-29-30-32(44-48(17,18)36(7,8)9)33(45-49(19,20)37(10,11)12)31(43-47(15,16)35(4,5)6)28-41(30)27-26-40(25-23-39)24-21-22-38/h30-33H,21,23-29,39H2,1-20H3/t30-,31?,32?,33?/m1/s1. The summed E-state index contributed by atoms with van der Waals surface area (Å²) in [6.07, 6.45) is -0.0809. The average Bonchev–Trinajstić information content (AvgIpc) is 2.88. The average molecular weight is 759 g/mol. The monoisotopic (exact) mass is 759 g/mol. The molecule has 0 amide bonds. The van der Waals surface area contributed by atoms with Gasteiger partial charge < -0.3 is 23.4 Å². The van der Waals surface area contributed by atoms with Gasteiger partial charge in [0, 0.05) is 45.7 Å². The van der Waals surface area contributed by atoms with Crippen molar-refractivity contribution in [2.24, 2.45) is 5.73 Å². The number of nitrogens with zero attached hydrogens (tertiary/aromatic N) is 3. The van der Waals surface area contributed by atoms with Crippen molar-refractivity contribution in [2.45, 2.75) is 186 Å². The van der Waals surface area contributed by atoms with Gasteiger partial charge in [-0.05, 0) is 72.5 Å². The maximum Gasteiger partial charge on any atom is 0.192 e. The molecule has 1 aliphatic heterocycles. The molecule has 0 aromatic heterocycles. The van der Waals surface area contributed by atoms with Crippen LogP contribution in [-0.4, -0.2) is 113 Å². The zero-order valence-electron chi connectivity index (χ0n) is 36.0. The van der Waals surface area contributed by atoms with Crippen LogP contribution in [0, 0.1) is 11.3 Å². The Hall–Kier alpha value is 0.0775. The first kappa shape index (κ1) is 47.1. The normalized spacial score (nSPS) is 22.9. The fourth-order valence-corrected chi connectivity index (χ4v) is 10.0. The van der Waals surface area contributed by atoms with Gasteiger partial charge in [-0.1, -0.05) is 83.1 Å². The third-order valence-electron chi connectivity index (χ3n) is 12.8. The number of likely N-dealkylation sites (tertiary alicyclic amines) is 1. The number of nitriles is 1. The van der Waals surface area contributed by atoms with Crippen LogP contribution in [0.15, 0.2) is 0 Å². The summed E-state index contributed by atoms with van der Waals surface area (Å²) in [6, 6.07) is 2.33. The van der Waals surface area contributed by atoms with Gasteiger partial charge in [-0.25, -0.2) is 0 Å². The maximum absolute atomic E-state index is 9.38. The predicted octanol–water partition coefficient (Wildman–Crippen LogP) is 9.04. The largest absolute Gasteiger partial charge is 0.415 e. The lowest BCUT2D eigenvalue weighted by Crippen LogP contribution is -2.70. The molecule has 3 unspecified atom stereocenters. The first-order valence-corrected chi connectivity index (χ1v) is 30.6. The zero-order chi connectivity index (χ0) is 38.7. The number of hydrogen-bond acceptors (Lipinski definition) is 8. The molecule has 1 saturated heterocycles. The van der Waals surface area contributed by atoms with Gasteiger partial charge in [0.15, 0.2) is 33.3 Å². The first-order valence-electron chi connectivity index (χ1n) is 19.0. The van der Waals surface area contributed by atoms with Crippen LogP contribution < -0.4 is 5.73 Å². The number of nitrogens with two attached hydrogens (primary N) is 1. The van der Waals surface area contributed by atoms with Crippen LogP contribution in [0.4, 0.5) is 0 Å². The van der Waals surface area contributed by atoms with E-state index in [-0.39, 0.29) is 44.5 Å². The van der Waals surface area contributed by atoms with Gasteiger partial charge in [0.2, 0.25) is 0 Å². The van der Waals surface area contributed by atoms with E-state index in [0.29, 0.717) is 19.6 Å². The van der Waals surface area contributed by atoms with Crippen LogP contribution in [-0.2, 0) is 17.7 Å². The molecular formula is C37H82N4O4Si4. The van der Waals surface area contributed by atoms with Gasteiger partial charge in [-0.15, -0.1) is 0 Å². The van der Waals surface area contributed by atoms with Gasteiger partial charge in [0.05, 0.1) is 37.0 Å². The van der Waals surface area contributed by atoms with E-state index in [9.17, 15) is 5.26 Å². The summed E-state index contributed by atoms with van der Waals surface area (Å²) in [5.74, 6) is 0. The second kappa shape index (κ2) is 17.0. The Balaban J connectivity index is 4.02. The zero-order valence-corrected chi connectivity index (χ0v) is 40.0. The van der Waals surface area contributed by atoms with Crippen LogP contribution in [0.3, 0.4) is 0 Å². The van der Waals surface area contributed by atoms with Crippen molar-refractivity contribution < 1.29 is 17.7 Å². The smallest absolute Gasteiger partial charge is 0.192 e. The van der Waals surface area contributed by atoms with Gasteiger partial charge >= 0.3 is 0 Å². The van der Waals surface area contributed by atoms with Crippen molar-refractivity contribution in [1.29, 1.82) is 5.26 Å². The van der Waals surface area contributed by atoms with E-state index in [1.54, 1.807) is 0 Å². The molecule has 0 aliphatic carbocycles. The molecular weight excluding hydrogens is 677 g/mol. The van der Waals surface area contributed by atoms with E-state index in [4.69, 9.17) is 23.4 Å². The molecule has 0 aromatic rings. The summed E-state index contributed by atoms with van der Waals surface area (Å²) >= 11 is 0. The lowest BCUT2D eigenvalue weighted by Gasteiger charge is -2.56. The summed E-state index contributed by atoms with van der Waals surface area (Å²) in [4.78, 5) is 4.94. The van der Waals surface area contributed by atoms with Crippen LogP contribution in [0.5, 0.6) is 0 Å². The molecule has 0 saturated carbocycles. The minimum Gasteiger partial charge on any atom is -0.415 e. The Kier molecular flexibility index (Phi) is 16.4. The maximum atomic E-state index is 9.38. The molecule has 2 N–H and O–H groups in total. The van der Waals surface area contributed by atoms with Gasteiger partial charge in [-0.3, -0.25) is 9.80 Å².